The number of nitrogens with zero attached hydrogens (tertiary/aromatic N) is 3. The average molecular weight is 406 g/mol. The number of amides is 1. The third kappa shape index (κ3) is 3.98. The van der Waals surface area contributed by atoms with Gasteiger partial charge in [0.2, 0.25) is 15.9 Å². The van der Waals surface area contributed by atoms with Crippen LogP contribution in [0.1, 0.15) is 44.9 Å². The van der Waals surface area contributed by atoms with Gasteiger partial charge in [-0.25, -0.2) is 8.42 Å². The average Bonchev–Trinajstić information content (AvgIpc) is 3.29. The molecule has 0 saturated carbocycles. The van der Waals surface area contributed by atoms with Crippen molar-refractivity contribution in [3.8, 4) is 0 Å². The normalized spacial score (nSPS) is 25.9. The summed E-state index contributed by atoms with van der Waals surface area (Å²) in [5, 5.41) is 0. The summed E-state index contributed by atoms with van der Waals surface area (Å²) in [6.45, 7) is 4.29. The molecule has 4 rings (SSSR count). The summed E-state index contributed by atoms with van der Waals surface area (Å²) in [6, 6.07) is 8.54. The van der Waals surface area contributed by atoms with Crippen LogP contribution in [0.3, 0.4) is 0 Å². The van der Waals surface area contributed by atoms with Gasteiger partial charge in [0.15, 0.2) is 0 Å². The first-order valence-corrected chi connectivity index (χ1v) is 12.1. The van der Waals surface area contributed by atoms with Crippen molar-refractivity contribution in [2.45, 2.75) is 61.9 Å². The summed E-state index contributed by atoms with van der Waals surface area (Å²) < 4.78 is 27.8. The van der Waals surface area contributed by atoms with Gasteiger partial charge < -0.3 is 9.80 Å². The van der Waals surface area contributed by atoms with Crippen LogP contribution in [0.4, 0.5) is 0 Å². The van der Waals surface area contributed by atoms with E-state index >= 15 is 0 Å². The first-order valence-electron chi connectivity index (χ1n) is 10.7. The largest absolute Gasteiger partial charge is 0.341 e. The molecule has 3 aliphatic rings. The van der Waals surface area contributed by atoms with E-state index in [9.17, 15) is 13.2 Å². The third-order valence-corrected chi connectivity index (χ3v) is 8.44. The number of likely N-dealkylation sites (tertiary alicyclic amines) is 2. The van der Waals surface area contributed by atoms with E-state index in [1.807, 2.05) is 11.0 Å². The topological polar surface area (TPSA) is 60.9 Å². The van der Waals surface area contributed by atoms with Crippen molar-refractivity contribution in [3.63, 3.8) is 0 Å². The fraction of sp³-hybridized carbons (Fsp3) is 0.667. The predicted octanol–water partition coefficient (Wildman–Crippen LogP) is 2.32. The van der Waals surface area contributed by atoms with Gasteiger partial charge in [-0.1, -0.05) is 24.6 Å². The number of sulfonamides is 1. The molecule has 0 radical (unpaired) electrons. The zero-order valence-electron chi connectivity index (χ0n) is 16.5. The molecule has 3 heterocycles. The second-order valence-electron chi connectivity index (χ2n) is 8.24. The van der Waals surface area contributed by atoms with Crippen LogP contribution in [-0.2, 0) is 14.8 Å². The number of hydrogen-bond donors (Lipinski definition) is 0. The molecule has 0 bridgehead atoms. The van der Waals surface area contributed by atoms with Crippen LogP contribution >= 0.6 is 0 Å². The van der Waals surface area contributed by atoms with Gasteiger partial charge in [0.25, 0.3) is 0 Å². The van der Waals surface area contributed by atoms with Gasteiger partial charge in [-0.15, -0.1) is 0 Å². The molecule has 3 saturated heterocycles. The SMILES string of the molecule is O=C(C1CCCCN1S(=O)(=O)c1ccccc1)N1CCC(N2CCCC2)CC1. The van der Waals surface area contributed by atoms with Crippen molar-refractivity contribution in [1.29, 1.82) is 0 Å². The Kier molecular flexibility index (Phi) is 6.04. The predicted molar refractivity (Wildman–Crippen MR) is 108 cm³/mol. The Morgan fingerprint density at radius 2 is 1.46 bits per heavy atom. The zero-order chi connectivity index (χ0) is 19.6. The van der Waals surface area contributed by atoms with Crippen molar-refractivity contribution < 1.29 is 13.2 Å². The van der Waals surface area contributed by atoms with Crippen LogP contribution in [-0.4, -0.2) is 73.2 Å². The van der Waals surface area contributed by atoms with E-state index < -0.39 is 16.1 Å². The minimum absolute atomic E-state index is 0.000854. The first kappa shape index (κ1) is 19.9. The smallest absolute Gasteiger partial charge is 0.243 e. The molecule has 6 nitrogen and oxygen atoms in total. The zero-order valence-corrected chi connectivity index (χ0v) is 17.3. The van der Waals surface area contributed by atoms with Gasteiger partial charge in [0.05, 0.1) is 4.90 Å². The van der Waals surface area contributed by atoms with Crippen LogP contribution in [0.25, 0.3) is 0 Å². The maximum atomic E-state index is 13.3. The van der Waals surface area contributed by atoms with E-state index in [0.717, 1.165) is 38.8 Å². The molecule has 0 spiro atoms. The molecule has 7 heteroatoms. The van der Waals surface area contributed by atoms with Crippen molar-refractivity contribution >= 4 is 15.9 Å². The fourth-order valence-electron chi connectivity index (χ4n) is 4.94. The molecular formula is C21H31N3O3S. The van der Waals surface area contributed by atoms with Crippen LogP contribution < -0.4 is 0 Å². The van der Waals surface area contributed by atoms with Gasteiger partial charge in [0.1, 0.15) is 6.04 Å². The van der Waals surface area contributed by atoms with E-state index in [-0.39, 0.29) is 10.8 Å². The maximum absolute atomic E-state index is 13.3. The summed E-state index contributed by atoms with van der Waals surface area (Å²) >= 11 is 0. The molecule has 1 aromatic carbocycles. The quantitative estimate of drug-likeness (QED) is 0.771. The van der Waals surface area contributed by atoms with Crippen LogP contribution in [0.2, 0.25) is 0 Å². The maximum Gasteiger partial charge on any atom is 0.243 e. The lowest BCUT2D eigenvalue weighted by atomic mass is 10.00. The fourth-order valence-corrected chi connectivity index (χ4v) is 6.61. The van der Waals surface area contributed by atoms with Crippen molar-refractivity contribution in [2.24, 2.45) is 0 Å². The van der Waals surface area contributed by atoms with Gasteiger partial charge in [-0.3, -0.25) is 4.79 Å². The Balaban J connectivity index is 1.45. The lowest BCUT2D eigenvalue weighted by Gasteiger charge is -2.41. The van der Waals surface area contributed by atoms with Crippen molar-refractivity contribution in [2.75, 3.05) is 32.7 Å². The summed E-state index contributed by atoms with van der Waals surface area (Å²) in [5.74, 6) is -0.000854. The summed E-state index contributed by atoms with van der Waals surface area (Å²) in [4.78, 5) is 18.0. The Morgan fingerprint density at radius 1 is 0.821 bits per heavy atom. The molecule has 0 aliphatic carbocycles. The highest BCUT2D eigenvalue weighted by Crippen LogP contribution is 2.28. The van der Waals surface area contributed by atoms with E-state index in [1.54, 1.807) is 24.3 Å². The molecule has 1 unspecified atom stereocenters. The van der Waals surface area contributed by atoms with E-state index in [0.29, 0.717) is 19.0 Å². The van der Waals surface area contributed by atoms with Gasteiger partial charge in [-0.05, 0) is 63.7 Å². The third-order valence-electron chi connectivity index (χ3n) is 6.52. The van der Waals surface area contributed by atoms with Crippen LogP contribution in [0.5, 0.6) is 0 Å². The monoisotopic (exact) mass is 405 g/mol. The molecule has 154 valence electrons. The van der Waals surface area contributed by atoms with E-state index in [1.165, 1.54) is 30.2 Å². The Labute approximate surface area is 168 Å². The molecule has 0 N–H and O–H groups in total. The highest BCUT2D eigenvalue weighted by Gasteiger charge is 2.40. The van der Waals surface area contributed by atoms with Crippen LogP contribution in [0, 0.1) is 0 Å². The van der Waals surface area contributed by atoms with Gasteiger partial charge in [0, 0.05) is 25.7 Å². The number of rotatable bonds is 4. The van der Waals surface area contributed by atoms with Crippen molar-refractivity contribution in [3.05, 3.63) is 30.3 Å². The first-order chi connectivity index (χ1) is 13.6. The Hall–Kier alpha value is -1.44. The summed E-state index contributed by atoms with van der Waals surface area (Å²) in [6.07, 6.45) is 6.92. The number of hydrogen-bond acceptors (Lipinski definition) is 4. The highest BCUT2D eigenvalue weighted by molar-refractivity contribution is 7.89. The van der Waals surface area contributed by atoms with E-state index in [4.69, 9.17) is 0 Å². The minimum atomic E-state index is -3.64. The number of carbonyl (C=O) groups excluding carboxylic acids is 1. The van der Waals surface area contributed by atoms with Crippen LogP contribution in [0.15, 0.2) is 35.2 Å². The highest BCUT2D eigenvalue weighted by atomic mass is 32.2. The summed E-state index contributed by atoms with van der Waals surface area (Å²) in [7, 11) is -3.64. The number of benzene rings is 1. The molecule has 1 atom stereocenters. The lowest BCUT2D eigenvalue weighted by Crippen LogP contribution is -2.55. The molecule has 0 aromatic heterocycles. The number of carbonyl (C=O) groups is 1. The lowest BCUT2D eigenvalue weighted by molar-refractivity contribution is -0.137. The Morgan fingerprint density at radius 3 is 2.14 bits per heavy atom. The van der Waals surface area contributed by atoms with Crippen molar-refractivity contribution in [1.82, 2.24) is 14.1 Å². The second-order valence-corrected chi connectivity index (χ2v) is 10.1. The van der Waals surface area contributed by atoms with Gasteiger partial charge in [-0.2, -0.15) is 4.31 Å². The van der Waals surface area contributed by atoms with Gasteiger partial charge >= 0.3 is 0 Å². The Bertz CT molecular complexity index is 769. The second kappa shape index (κ2) is 8.51. The molecule has 3 aliphatic heterocycles. The van der Waals surface area contributed by atoms with E-state index in [2.05, 4.69) is 4.90 Å². The molecule has 1 amide bonds. The molecular weight excluding hydrogens is 374 g/mol. The molecule has 3 fully saturated rings. The molecule has 28 heavy (non-hydrogen) atoms. The molecule has 1 aromatic rings. The number of piperidine rings is 2. The standard InChI is InChI=1S/C21H31N3O3S/c25-21(23-16-11-18(12-17-23)22-13-6-7-14-22)20-10-4-5-15-24(20)28(26,27)19-8-2-1-3-9-19/h1-3,8-9,18,20H,4-7,10-17H2. The summed E-state index contributed by atoms with van der Waals surface area (Å²) in [5.41, 5.74) is 0. The minimum Gasteiger partial charge on any atom is -0.341 e.